The zero-order valence-electron chi connectivity index (χ0n) is 9.65. The number of carboxylic acids is 1. The lowest BCUT2D eigenvalue weighted by Gasteiger charge is -2.08. The maximum absolute atomic E-state index is 12.3. The number of aromatic hydroxyl groups is 1. The molecule has 2 aromatic rings. The second kappa shape index (κ2) is 4.74. The van der Waals surface area contributed by atoms with E-state index in [2.05, 4.69) is 0 Å². The molecule has 0 unspecified atom stereocenters. The van der Waals surface area contributed by atoms with Crippen LogP contribution in [0.4, 0.5) is 0 Å². The van der Waals surface area contributed by atoms with Gasteiger partial charge in [-0.05, 0) is 30.3 Å². The minimum absolute atomic E-state index is 0.0249. The molecule has 5 nitrogen and oxygen atoms in total. The van der Waals surface area contributed by atoms with E-state index in [1.165, 1.54) is 24.3 Å². The Bertz CT molecular complexity index is 720. The summed E-state index contributed by atoms with van der Waals surface area (Å²) in [6.07, 6.45) is 0. The van der Waals surface area contributed by atoms with E-state index in [1.54, 1.807) is 6.07 Å². The summed E-state index contributed by atoms with van der Waals surface area (Å²) in [4.78, 5) is 10.6. The van der Waals surface area contributed by atoms with Gasteiger partial charge in [-0.2, -0.15) is 0 Å². The van der Waals surface area contributed by atoms with Crippen LogP contribution in [-0.4, -0.2) is 24.6 Å². The van der Waals surface area contributed by atoms with Gasteiger partial charge in [0.05, 0.1) is 15.4 Å². The van der Waals surface area contributed by atoms with Gasteiger partial charge in [-0.3, -0.25) is 0 Å². The summed E-state index contributed by atoms with van der Waals surface area (Å²) in [5.41, 5.74) is -0.373. The molecular formula is C13H10O5S. The number of hydrogen-bond acceptors (Lipinski definition) is 4. The Hall–Kier alpha value is -2.34. The van der Waals surface area contributed by atoms with Crippen molar-refractivity contribution in [2.45, 2.75) is 9.79 Å². The molecule has 2 rings (SSSR count). The third-order valence-corrected chi connectivity index (χ3v) is 4.35. The number of carboxylic acid groups (broad SMARTS) is 1. The molecule has 0 aliphatic carbocycles. The second-order valence-electron chi connectivity index (χ2n) is 3.80. The number of aromatic carboxylic acids is 1. The van der Waals surface area contributed by atoms with Crippen LogP contribution in [0, 0.1) is 0 Å². The minimum atomic E-state index is -3.98. The lowest BCUT2D eigenvalue weighted by molar-refractivity contribution is 0.0692. The summed E-state index contributed by atoms with van der Waals surface area (Å²) >= 11 is 0. The molecule has 0 heterocycles. The smallest absolute Gasteiger partial charge is 0.337 e. The number of hydrogen-bond donors (Lipinski definition) is 2. The first-order valence-corrected chi connectivity index (χ1v) is 6.77. The topological polar surface area (TPSA) is 91.7 Å². The lowest BCUT2D eigenvalue weighted by atomic mass is 10.2. The van der Waals surface area contributed by atoms with Crippen molar-refractivity contribution in [3.63, 3.8) is 0 Å². The fourth-order valence-electron chi connectivity index (χ4n) is 1.64. The quantitative estimate of drug-likeness (QED) is 0.895. The number of carbonyl (C=O) groups is 1. The SMILES string of the molecule is O=C(O)c1ccc(O)cc1S(=O)(=O)c1ccccc1. The van der Waals surface area contributed by atoms with Gasteiger partial charge in [-0.25, -0.2) is 13.2 Å². The van der Waals surface area contributed by atoms with Crippen molar-refractivity contribution in [1.82, 2.24) is 0 Å². The van der Waals surface area contributed by atoms with Crippen LogP contribution >= 0.6 is 0 Å². The number of benzene rings is 2. The number of phenolic OH excluding ortho intramolecular Hbond substituents is 1. The van der Waals surface area contributed by atoms with Gasteiger partial charge >= 0.3 is 5.97 Å². The van der Waals surface area contributed by atoms with E-state index in [-0.39, 0.29) is 16.2 Å². The maximum atomic E-state index is 12.3. The molecule has 19 heavy (non-hydrogen) atoms. The molecule has 2 aromatic carbocycles. The van der Waals surface area contributed by atoms with E-state index >= 15 is 0 Å². The molecule has 0 atom stereocenters. The Morgan fingerprint density at radius 1 is 1.00 bits per heavy atom. The van der Waals surface area contributed by atoms with Crippen LogP contribution in [0.15, 0.2) is 58.3 Å². The van der Waals surface area contributed by atoms with Gasteiger partial charge in [-0.15, -0.1) is 0 Å². The first kappa shape index (κ1) is 13.1. The summed E-state index contributed by atoms with van der Waals surface area (Å²) in [6, 6.07) is 10.6. The predicted octanol–water partition coefficient (Wildman–Crippen LogP) is 1.92. The summed E-state index contributed by atoms with van der Waals surface area (Å²) in [5, 5.41) is 18.4. The van der Waals surface area contributed by atoms with Crippen LogP contribution in [0.5, 0.6) is 5.75 Å². The van der Waals surface area contributed by atoms with E-state index in [1.807, 2.05) is 0 Å². The highest BCUT2D eigenvalue weighted by Crippen LogP contribution is 2.27. The highest BCUT2D eigenvalue weighted by Gasteiger charge is 2.24. The third-order valence-electron chi connectivity index (χ3n) is 2.54. The standard InChI is InChI=1S/C13H10O5S/c14-9-6-7-11(13(15)16)12(8-9)19(17,18)10-4-2-1-3-5-10/h1-8,14H,(H,15,16). The van der Waals surface area contributed by atoms with Crippen LogP contribution in [0.1, 0.15) is 10.4 Å². The van der Waals surface area contributed by atoms with Gasteiger partial charge in [0.1, 0.15) is 5.75 Å². The van der Waals surface area contributed by atoms with Crippen LogP contribution in [-0.2, 0) is 9.84 Å². The zero-order valence-corrected chi connectivity index (χ0v) is 10.5. The lowest BCUT2D eigenvalue weighted by Crippen LogP contribution is -2.09. The summed E-state index contributed by atoms with van der Waals surface area (Å²) in [6.45, 7) is 0. The van der Waals surface area contributed by atoms with Crippen LogP contribution in [0.25, 0.3) is 0 Å². The molecule has 2 N–H and O–H groups in total. The molecule has 0 aromatic heterocycles. The molecular weight excluding hydrogens is 268 g/mol. The van der Waals surface area contributed by atoms with Crippen LogP contribution in [0.3, 0.4) is 0 Å². The third kappa shape index (κ3) is 2.43. The van der Waals surface area contributed by atoms with Gasteiger partial charge in [0.15, 0.2) is 0 Å². The normalized spacial score (nSPS) is 11.2. The number of rotatable bonds is 3. The van der Waals surface area contributed by atoms with Crippen molar-refractivity contribution in [2.75, 3.05) is 0 Å². The monoisotopic (exact) mass is 278 g/mol. The predicted molar refractivity (Wildman–Crippen MR) is 67.0 cm³/mol. The summed E-state index contributed by atoms with van der Waals surface area (Å²) in [5.74, 6) is -1.67. The molecule has 0 amide bonds. The van der Waals surface area contributed by atoms with Crippen molar-refractivity contribution in [3.8, 4) is 5.75 Å². The van der Waals surface area contributed by atoms with E-state index in [0.717, 1.165) is 18.2 Å². The maximum Gasteiger partial charge on any atom is 0.337 e. The van der Waals surface area contributed by atoms with E-state index in [9.17, 15) is 18.3 Å². The second-order valence-corrected chi connectivity index (χ2v) is 5.72. The van der Waals surface area contributed by atoms with Gasteiger partial charge in [-0.1, -0.05) is 18.2 Å². The fourth-order valence-corrected chi connectivity index (χ4v) is 3.13. The molecule has 98 valence electrons. The average molecular weight is 278 g/mol. The molecule has 0 spiro atoms. The molecule has 6 heteroatoms. The van der Waals surface area contributed by atoms with Gasteiger partial charge in [0.25, 0.3) is 0 Å². The Morgan fingerprint density at radius 2 is 1.63 bits per heavy atom. The first-order chi connectivity index (χ1) is 8.93. The number of sulfone groups is 1. The average Bonchev–Trinajstić information content (AvgIpc) is 2.39. The zero-order chi connectivity index (χ0) is 14.0. The molecule has 0 bridgehead atoms. The molecule has 0 fully saturated rings. The molecule has 0 aliphatic heterocycles. The highest BCUT2D eigenvalue weighted by atomic mass is 32.2. The molecule has 0 radical (unpaired) electrons. The molecule has 0 aliphatic rings. The Kier molecular flexibility index (Phi) is 3.26. The van der Waals surface area contributed by atoms with E-state index in [0.29, 0.717) is 0 Å². The summed E-state index contributed by atoms with van der Waals surface area (Å²) < 4.78 is 24.7. The number of phenols is 1. The van der Waals surface area contributed by atoms with E-state index < -0.39 is 20.7 Å². The van der Waals surface area contributed by atoms with Crippen molar-refractivity contribution in [1.29, 1.82) is 0 Å². The van der Waals surface area contributed by atoms with Crippen LogP contribution in [0.2, 0.25) is 0 Å². The van der Waals surface area contributed by atoms with Crippen LogP contribution < -0.4 is 0 Å². The molecule has 0 saturated carbocycles. The van der Waals surface area contributed by atoms with Gasteiger partial charge in [0, 0.05) is 0 Å². The fraction of sp³-hybridized carbons (Fsp3) is 0. The van der Waals surface area contributed by atoms with Gasteiger partial charge in [0.2, 0.25) is 9.84 Å². The summed E-state index contributed by atoms with van der Waals surface area (Å²) in [7, 11) is -3.98. The Balaban J connectivity index is 2.71. The Labute approximate surface area is 109 Å². The first-order valence-electron chi connectivity index (χ1n) is 5.29. The van der Waals surface area contributed by atoms with Crippen molar-refractivity contribution >= 4 is 15.8 Å². The Morgan fingerprint density at radius 3 is 2.21 bits per heavy atom. The highest BCUT2D eigenvalue weighted by molar-refractivity contribution is 7.91. The van der Waals surface area contributed by atoms with Crippen molar-refractivity contribution in [2.24, 2.45) is 0 Å². The minimum Gasteiger partial charge on any atom is -0.508 e. The van der Waals surface area contributed by atoms with Crippen molar-refractivity contribution in [3.05, 3.63) is 54.1 Å². The van der Waals surface area contributed by atoms with Gasteiger partial charge < -0.3 is 10.2 Å². The molecule has 0 saturated heterocycles. The largest absolute Gasteiger partial charge is 0.508 e. The van der Waals surface area contributed by atoms with E-state index in [4.69, 9.17) is 5.11 Å². The van der Waals surface area contributed by atoms with Crippen molar-refractivity contribution < 1.29 is 23.4 Å².